The Morgan fingerprint density at radius 2 is 1.89 bits per heavy atom. The second kappa shape index (κ2) is 9.48. The van der Waals surface area contributed by atoms with Gasteiger partial charge >= 0.3 is 0 Å². The van der Waals surface area contributed by atoms with Crippen LogP contribution in [0.1, 0.15) is 34.3 Å². The lowest BCUT2D eigenvalue weighted by Crippen LogP contribution is -2.32. The molecule has 2 atom stereocenters. The van der Waals surface area contributed by atoms with Gasteiger partial charge in [-0.2, -0.15) is 0 Å². The summed E-state index contributed by atoms with van der Waals surface area (Å²) in [6, 6.07) is 15.4. The van der Waals surface area contributed by atoms with Crippen LogP contribution in [0.3, 0.4) is 0 Å². The van der Waals surface area contributed by atoms with E-state index in [9.17, 15) is 9.59 Å². The van der Waals surface area contributed by atoms with Crippen molar-refractivity contribution in [2.45, 2.75) is 38.4 Å². The van der Waals surface area contributed by atoms with Gasteiger partial charge < -0.3 is 21.1 Å². The highest BCUT2D eigenvalue weighted by Gasteiger charge is 2.30. The van der Waals surface area contributed by atoms with Crippen molar-refractivity contribution < 1.29 is 14.3 Å². The van der Waals surface area contributed by atoms with E-state index in [4.69, 9.17) is 10.5 Å². The van der Waals surface area contributed by atoms with Gasteiger partial charge in [-0.3, -0.25) is 9.59 Å². The number of carbonyl (C=O) groups excluding carboxylic acids is 2. The smallest absolute Gasteiger partial charge is 0.253 e. The number of aryl methyl sites for hydroxylation is 1. The number of rotatable bonds is 7. The normalized spacial score (nSPS) is 18.6. The van der Waals surface area contributed by atoms with Gasteiger partial charge in [0.15, 0.2) is 0 Å². The first-order chi connectivity index (χ1) is 13.6. The molecule has 4 N–H and O–H groups in total. The fraction of sp³-hybridized carbons (Fsp3) is 0.364. The van der Waals surface area contributed by atoms with Gasteiger partial charge in [0.25, 0.3) is 11.8 Å². The van der Waals surface area contributed by atoms with Crippen molar-refractivity contribution in [1.29, 1.82) is 0 Å². The lowest BCUT2D eigenvalue weighted by Gasteiger charge is -2.16. The first-order valence-corrected chi connectivity index (χ1v) is 9.66. The molecule has 1 saturated heterocycles. The Balaban J connectivity index is 1.64. The molecule has 0 bridgehead atoms. The monoisotopic (exact) mass is 381 g/mol. The average molecular weight is 381 g/mol. The molecular weight excluding hydrogens is 354 g/mol. The van der Waals surface area contributed by atoms with Crippen molar-refractivity contribution >= 4 is 17.5 Å². The van der Waals surface area contributed by atoms with Crippen LogP contribution in [-0.4, -0.2) is 37.1 Å². The third-order valence-corrected chi connectivity index (χ3v) is 4.96. The summed E-state index contributed by atoms with van der Waals surface area (Å²) < 4.78 is 5.65. The number of carbonyl (C=O) groups is 2. The molecule has 0 radical (unpaired) electrons. The van der Waals surface area contributed by atoms with Gasteiger partial charge in [0.1, 0.15) is 6.10 Å². The molecule has 1 aliphatic rings. The molecule has 0 saturated carbocycles. The van der Waals surface area contributed by atoms with Crippen LogP contribution in [0.4, 0.5) is 5.69 Å². The molecule has 1 aliphatic heterocycles. The largest absolute Gasteiger partial charge is 0.364 e. The van der Waals surface area contributed by atoms with E-state index in [2.05, 4.69) is 10.6 Å². The topological polar surface area (TPSA) is 93.5 Å². The van der Waals surface area contributed by atoms with Crippen LogP contribution < -0.4 is 16.4 Å². The van der Waals surface area contributed by atoms with Crippen LogP contribution in [-0.2, 0) is 16.0 Å². The second-order valence-electron chi connectivity index (χ2n) is 7.04. The van der Waals surface area contributed by atoms with Gasteiger partial charge in [0.2, 0.25) is 0 Å². The number of nitrogens with two attached hydrogens (primary N) is 1. The van der Waals surface area contributed by atoms with Crippen molar-refractivity contribution in [3.05, 3.63) is 65.2 Å². The number of amides is 2. The van der Waals surface area contributed by atoms with E-state index in [-0.39, 0.29) is 17.9 Å². The Morgan fingerprint density at radius 1 is 1.11 bits per heavy atom. The highest BCUT2D eigenvalue weighted by Crippen LogP contribution is 2.23. The number of benzene rings is 2. The Labute approximate surface area is 165 Å². The highest BCUT2D eigenvalue weighted by atomic mass is 16.5. The molecule has 28 heavy (non-hydrogen) atoms. The third kappa shape index (κ3) is 4.97. The number of ether oxygens (including phenoxy) is 1. The molecule has 1 heterocycles. The molecule has 0 spiro atoms. The zero-order valence-electron chi connectivity index (χ0n) is 16.1. The summed E-state index contributed by atoms with van der Waals surface area (Å²) in [5, 5.41) is 5.81. The summed E-state index contributed by atoms with van der Waals surface area (Å²) in [6.45, 7) is 2.79. The first kappa shape index (κ1) is 20.0. The second-order valence-corrected chi connectivity index (χ2v) is 7.04. The SMILES string of the molecule is Cc1cccc(NC(=O)[C@@H]2CC[C@H](CN)O2)c1C(=O)NCCc1ccccc1. The molecule has 6 nitrogen and oxygen atoms in total. The number of anilines is 1. The maximum atomic E-state index is 12.8. The number of hydrogen-bond donors (Lipinski definition) is 3. The lowest BCUT2D eigenvalue weighted by atomic mass is 10.0. The van der Waals surface area contributed by atoms with Gasteiger partial charge in [0, 0.05) is 13.1 Å². The summed E-state index contributed by atoms with van der Waals surface area (Å²) in [5.41, 5.74) is 8.57. The van der Waals surface area contributed by atoms with E-state index < -0.39 is 6.10 Å². The molecule has 0 unspecified atom stereocenters. The van der Waals surface area contributed by atoms with E-state index in [0.717, 1.165) is 24.0 Å². The maximum Gasteiger partial charge on any atom is 0.253 e. The van der Waals surface area contributed by atoms with Crippen LogP contribution >= 0.6 is 0 Å². The quantitative estimate of drug-likeness (QED) is 0.687. The molecular formula is C22H27N3O3. The Morgan fingerprint density at radius 3 is 2.61 bits per heavy atom. The molecule has 1 fully saturated rings. The van der Waals surface area contributed by atoms with Crippen molar-refractivity contribution in [2.75, 3.05) is 18.4 Å². The van der Waals surface area contributed by atoms with Crippen LogP contribution in [0.15, 0.2) is 48.5 Å². The zero-order valence-corrected chi connectivity index (χ0v) is 16.1. The lowest BCUT2D eigenvalue weighted by molar-refractivity contribution is -0.126. The molecule has 2 aromatic carbocycles. The van der Waals surface area contributed by atoms with Crippen molar-refractivity contribution in [1.82, 2.24) is 5.32 Å². The minimum atomic E-state index is -0.525. The fourth-order valence-corrected chi connectivity index (χ4v) is 3.41. The van der Waals surface area contributed by atoms with Crippen LogP contribution in [0.5, 0.6) is 0 Å². The zero-order chi connectivity index (χ0) is 19.9. The molecule has 2 aromatic rings. The minimum absolute atomic E-state index is 0.0750. The van der Waals surface area contributed by atoms with E-state index in [1.807, 2.05) is 49.4 Å². The average Bonchev–Trinajstić information content (AvgIpc) is 3.18. The summed E-state index contributed by atoms with van der Waals surface area (Å²) in [5.74, 6) is -0.434. The predicted molar refractivity (Wildman–Crippen MR) is 109 cm³/mol. The summed E-state index contributed by atoms with van der Waals surface area (Å²) in [4.78, 5) is 25.3. The third-order valence-electron chi connectivity index (χ3n) is 4.96. The molecule has 6 heteroatoms. The van der Waals surface area contributed by atoms with E-state index in [1.165, 1.54) is 0 Å². The Bertz CT molecular complexity index is 823. The van der Waals surface area contributed by atoms with E-state index in [1.54, 1.807) is 6.07 Å². The molecule has 0 aliphatic carbocycles. The highest BCUT2D eigenvalue weighted by molar-refractivity contribution is 6.05. The summed E-state index contributed by atoms with van der Waals surface area (Å²) >= 11 is 0. The van der Waals surface area contributed by atoms with E-state index in [0.29, 0.717) is 30.8 Å². The van der Waals surface area contributed by atoms with Gasteiger partial charge in [-0.25, -0.2) is 0 Å². The van der Waals surface area contributed by atoms with Crippen LogP contribution in [0.25, 0.3) is 0 Å². The van der Waals surface area contributed by atoms with Gasteiger partial charge in [0.05, 0.1) is 17.4 Å². The molecule has 3 rings (SSSR count). The first-order valence-electron chi connectivity index (χ1n) is 9.66. The van der Waals surface area contributed by atoms with E-state index >= 15 is 0 Å². The number of hydrogen-bond acceptors (Lipinski definition) is 4. The summed E-state index contributed by atoms with van der Waals surface area (Å²) in [7, 11) is 0. The van der Waals surface area contributed by atoms with Gasteiger partial charge in [-0.1, -0.05) is 42.5 Å². The van der Waals surface area contributed by atoms with Crippen LogP contribution in [0.2, 0.25) is 0 Å². The minimum Gasteiger partial charge on any atom is -0.364 e. The van der Waals surface area contributed by atoms with Crippen LogP contribution in [0, 0.1) is 6.92 Å². The maximum absolute atomic E-state index is 12.8. The summed E-state index contributed by atoms with van der Waals surface area (Å²) in [6.07, 6.45) is 1.56. The van der Waals surface area contributed by atoms with Crippen molar-refractivity contribution in [3.63, 3.8) is 0 Å². The predicted octanol–water partition coefficient (Wildman–Crippen LogP) is 2.41. The standard InChI is InChI=1S/C22H27N3O3/c1-15-6-5-9-18(25-21(26)19-11-10-17(14-23)28-19)20(15)22(27)24-13-12-16-7-3-2-4-8-16/h2-9,17,19H,10-14,23H2,1H3,(H,24,27)(H,25,26)/t17-,19+/m1/s1. The molecule has 148 valence electrons. The fourth-order valence-electron chi connectivity index (χ4n) is 3.41. The van der Waals surface area contributed by atoms with Gasteiger partial charge in [-0.15, -0.1) is 0 Å². The molecule has 0 aromatic heterocycles. The van der Waals surface area contributed by atoms with Gasteiger partial charge in [-0.05, 0) is 43.4 Å². The van der Waals surface area contributed by atoms with Crippen molar-refractivity contribution in [2.24, 2.45) is 5.73 Å². The Hall–Kier alpha value is -2.70. The Kier molecular flexibility index (Phi) is 6.79. The number of nitrogens with one attached hydrogen (secondary N) is 2. The molecule has 2 amide bonds. The van der Waals surface area contributed by atoms with Crippen molar-refractivity contribution in [3.8, 4) is 0 Å².